The summed E-state index contributed by atoms with van der Waals surface area (Å²) in [5.74, 6) is -0.761. The standard InChI is InChI=1S/C12H15ClN2O4/c13-12-10(19-8-11(16)17)2-1-9(14-12)7-15-3-5-18-6-4-15/h1-2H,3-8H2,(H,16,17). The SMILES string of the molecule is O=C(O)COc1ccc(CN2CCOCC2)nc1Cl. The normalized spacial score (nSPS) is 16.3. The highest BCUT2D eigenvalue weighted by atomic mass is 35.5. The number of rotatable bonds is 5. The Bertz CT molecular complexity index is 449. The predicted octanol–water partition coefficient (Wildman–Crippen LogP) is 1.03. The molecule has 0 amide bonds. The van der Waals surface area contributed by atoms with Gasteiger partial charge in [-0.2, -0.15) is 0 Å². The van der Waals surface area contributed by atoms with Crippen molar-refractivity contribution in [2.24, 2.45) is 0 Å². The molecule has 1 fully saturated rings. The number of carboxylic acid groups (broad SMARTS) is 1. The Kier molecular flexibility index (Phi) is 4.95. The monoisotopic (exact) mass is 286 g/mol. The van der Waals surface area contributed by atoms with Crippen LogP contribution in [0.1, 0.15) is 5.69 Å². The Morgan fingerprint density at radius 3 is 2.84 bits per heavy atom. The van der Waals surface area contributed by atoms with Crippen molar-refractivity contribution in [3.8, 4) is 5.75 Å². The van der Waals surface area contributed by atoms with Crippen LogP contribution in [0, 0.1) is 0 Å². The summed E-state index contributed by atoms with van der Waals surface area (Å²) < 4.78 is 10.3. The molecule has 104 valence electrons. The van der Waals surface area contributed by atoms with Gasteiger partial charge in [0.2, 0.25) is 0 Å². The van der Waals surface area contributed by atoms with Gasteiger partial charge in [-0.05, 0) is 12.1 Å². The Morgan fingerprint density at radius 1 is 1.47 bits per heavy atom. The van der Waals surface area contributed by atoms with Crippen molar-refractivity contribution >= 4 is 17.6 Å². The number of carboxylic acids is 1. The molecule has 0 spiro atoms. The topological polar surface area (TPSA) is 71.9 Å². The van der Waals surface area contributed by atoms with Crippen LogP contribution >= 0.6 is 11.6 Å². The number of hydrogen-bond donors (Lipinski definition) is 1. The van der Waals surface area contributed by atoms with Crippen molar-refractivity contribution in [2.45, 2.75) is 6.54 Å². The molecule has 1 aromatic heterocycles. The van der Waals surface area contributed by atoms with Crippen LogP contribution in [0.5, 0.6) is 5.75 Å². The molecule has 7 heteroatoms. The van der Waals surface area contributed by atoms with Crippen molar-refractivity contribution < 1.29 is 19.4 Å². The van der Waals surface area contributed by atoms with Gasteiger partial charge in [0.25, 0.3) is 0 Å². The van der Waals surface area contributed by atoms with E-state index < -0.39 is 12.6 Å². The summed E-state index contributed by atoms with van der Waals surface area (Å²) in [5.41, 5.74) is 0.828. The van der Waals surface area contributed by atoms with Crippen LogP contribution in [0.25, 0.3) is 0 Å². The van der Waals surface area contributed by atoms with Crippen molar-refractivity contribution in [1.82, 2.24) is 9.88 Å². The average Bonchev–Trinajstić information content (AvgIpc) is 2.39. The molecule has 1 saturated heterocycles. The number of aliphatic carboxylic acids is 1. The first kappa shape index (κ1) is 14.0. The average molecular weight is 287 g/mol. The number of pyridine rings is 1. The van der Waals surface area contributed by atoms with Gasteiger partial charge in [0.05, 0.1) is 18.9 Å². The second-order valence-electron chi connectivity index (χ2n) is 4.16. The van der Waals surface area contributed by atoms with E-state index >= 15 is 0 Å². The highest BCUT2D eigenvalue weighted by molar-refractivity contribution is 6.30. The van der Waals surface area contributed by atoms with E-state index in [9.17, 15) is 4.79 Å². The lowest BCUT2D eigenvalue weighted by Gasteiger charge is -2.26. The van der Waals surface area contributed by atoms with Gasteiger partial charge in [-0.3, -0.25) is 4.90 Å². The molecule has 2 rings (SSSR count). The van der Waals surface area contributed by atoms with Gasteiger partial charge in [-0.1, -0.05) is 11.6 Å². The Balaban J connectivity index is 1.95. The van der Waals surface area contributed by atoms with Crippen LogP contribution in [0.3, 0.4) is 0 Å². The number of morpholine rings is 1. The first-order chi connectivity index (χ1) is 9.15. The summed E-state index contributed by atoms with van der Waals surface area (Å²) in [6, 6.07) is 3.44. The van der Waals surface area contributed by atoms with Crippen molar-refractivity contribution in [2.75, 3.05) is 32.9 Å². The molecule has 0 atom stereocenters. The summed E-state index contributed by atoms with van der Waals surface area (Å²) in [6.45, 7) is 3.47. The zero-order valence-corrected chi connectivity index (χ0v) is 11.1. The number of ether oxygens (including phenoxy) is 2. The predicted molar refractivity (Wildman–Crippen MR) is 68.5 cm³/mol. The van der Waals surface area contributed by atoms with E-state index in [0.29, 0.717) is 6.54 Å². The van der Waals surface area contributed by atoms with Crippen LogP contribution in [0.4, 0.5) is 0 Å². The maximum Gasteiger partial charge on any atom is 0.341 e. The van der Waals surface area contributed by atoms with Gasteiger partial charge in [0, 0.05) is 19.6 Å². The quantitative estimate of drug-likeness (QED) is 0.815. The van der Waals surface area contributed by atoms with Gasteiger partial charge >= 0.3 is 5.97 Å². The highest BCUT2D eigenvalue weighted by Crippen LogP contribution is 2.22. The van der Waals surface area contributed by atoms with Crippen LogP contribution in [-0.2, 0) is 16.1 Å². The molecule has 0 radical (unpaired) electrons. The largest absolute Gasteiger partial charge is 0.479 e. The van der Waals surface area contributed by atoms with E-state index in [-0.39, 0.29) is 10.9 Å². The molecule has 1 aromatic rings. The van der Waals surface area contributed by atoms with E-state index in [4.69, 9.17) is 26.2 Å². The Morgan fingerprint density at radius 2 is 2.21 bits per heavy atom. The van der Waals surface area contributed by atoms with Gasteiger partial charge in [0.1, 0.15) is 0 Å². The highest BCUT2D eigenvalue weighted by Gasteiger charge is 2.13. The third-order valence-electron chi connectivity index (χ3n) is 2.71. The molecule has 1 aliphatic heterocycles. The molecule has 0 saturated carbocycles. The fourth-order valence-corrected chi connectivity index (χ4v) is 2.01. The summed E-state index contributed by atoms with van der Waals surface area (Å²) in [5, 5.41) is 8.72. The number of halogens is 1. The Labute approximate surface area is 115 Å². The lowest BCUT2D eigenvalue weighted by Crippen LogP contribution is -2.35. The molecule has 1 N–H and O–H groups in total. The van der Waals surface area contributed by atoms with E-state index in [1.165, 1.54) is 0 Å². The molecular weight excluding hydrogens is 272 g/mol. The van der Waals surface area contributed by atoms with Gasteiger partial charge in [0.15, 0.2) is 17.5 Å². The summed E-state index contributed by atoms with van der Waals surface area (Å²) >= 11 is 5.96. The zero-order valence-electron chi connectivity index (χ0n) is 10.3. The van der Waals surface area contributed by atoms with Crippen LogP contribution < -0.4 is 4.74 Å². The third kappa shape index (κ3) is 4.34. The van der Waals surface area contributed by atoms with E-state index in [2.05, 4.69) is 9.88 Å². The Hall–Kier alpha value is -1.37. The minimum atomic E-state index is -1.05. The molecule has 1 aliphatic rings. The van der Waals surface area contributed by atoms with Crippen molar-refractivity contribution in [1.29, 1.82) is 0 Å². The fourth-order valence-electron chi connectivity index (χ4n) is 1.78. The minimum absolute atomic E-state index is 0.187. The molecule has 2 heterocycles. The van der Waals surface area contributed by atoms with Gasteiger partial charge in [-0.15, -0.1) is 0 Å². The summed E-state index contributed by atoms with van der Waals surface area (Å²) in [7, 11) is 0. The number of hydrogen-bond acceptors (Lipinski definition) is 5. The number of nitrogens with zero attached hydrogens (tertiary/aromatic N) is 2. The first-order valence-electron chi connectivity index (χ1n) is 5.95. The van der Waals surface area contributed by atoms with Crippen LogP contribution in [0.15, 0.2) is 12.1 Å². The van der Waals surface area contributed by atoms with E-state index in [0.717, 1.165) is 32.0 Å². The number of carbonyl (C=O) groups is 1. The molecular formula is C12H15ClN2O4. The smallest absolute Gasteiger partial charge is 0.341 e. The molecule has 19 heavy (non-hydrogen) atoms. The maximum atomic E-state index is 10.4. The molecule has 0 aromatic carbocycles. The second-order valence-corrected chi connectivity index (χ2v) is 4.52. The lowest BCUT2D eigenvalue weighted by molar-refractivity contribution is -0.139. The second kappa shape index (κ2) is 6.70. The molecule has 0 aliphatic carbocycles. The fraction of sp³-hybridized carbons (Fsp3) is 0.500. The van der Waals surface area contributed by atoms with Crippen LogP contribution in [0.2, 0.25) is 5.15 Å². The lowest BCUT2D eigenvalue weighted by atomic mass is 10.3. The molecule has 0 unspecified atom stereocenters. The number of aromatic nitrogens is 1. The van der Waals surface area contributed by atoms with E-state index in [1.54, 1.807) is 12.1 Å². The zero-order chi connectivity index (χ0) is 13.7. The van der Waals surface area contributed by atoms with Crippen molar-refractivity contribution in [3.05, 3.63) is 23.0 Å². The third-order valence-corrected chi connectivity index (χ3v) is 2.98. The van der Waals surface area contributed by atoms with Crippen LogP contribution in [-0.4, -0.2) is 53.9 Å². The maximum absolute atomic E-state index is 10.4. The van der Waals surface area contributed by atoms with E-state index in [1.807, 2.05) is 0 Å². The summed E-state index contributed by atoms with van der Waals surface area (Å²) in [6.07, 6.45) is 0. The first-order valence-corrected chi connectivity index (χ1v) is 6.33. The molecule has 6 nitrogen and oxygen atoms in total. The minimum Gasteiger partial charge on any atom is -0.479 e. The molecule has 0 bridgehead atoms. The summed E-state index contributed by atoms with van der Waals surface area (Å²) in [4.78, 5) is 16.8. The van der Waals surface area contributed by atoms with Gasteiger partial charge in [-0.25, -0.2) is 9.78 Å². The van der Waals surface area contributed by atoms with Crippen molar-refractivity contribution in [3.63, 3.8) is 0 Å². The van der Waals surface area contributed by atoms with Gasteiger partial charge < -0.3 is 14.6 Å².